The van der Waals surface area contributed by atoms with E-state index in [9.17, 15) is 9.59 Å². The highest BCUT2D eigenvalue weighted by Crippen LogP contribution is 2.20. The molecule has 1 aliphatic rings. The minimum atomic E-state index is -0.382. The van der Waals surface area contributed by atoms with Crippen molar-refractivity contribution in [1.82, 2.24) is 4.90 Å². The van der Waals surface area contributed by atoms with Crippen LogP contribution >= 0.6 is 0 Å². The topological polar surface area (TPSA) is 55.8 Å². The molecule has 0 unspecified atom stereocenters. The highest BCUT2D eigenvalue weighted by molar-refractivity contribution is 6.12. The summed E-state index contributed by atoms with van der Waals surface area (Å²) in [6, 6.07) is 0. The second-order valence-electron chi connectivity index (χ2n) is 6.23. The first-order valence-corrected chi connectivity index (χ1v) is 6.89. The highest BCUT2D eigenvalue weighted by atomic mass is 16.5. The van der Waals surface area contributed by atoms with Crippen LogP contribution in [-0.2, 0) is 19.1 Å². The van der Waals surface area contributed by atoms with Gasteiger partial charge in [0, 0.05) is 25.8 Å². The first-order valence-electron chi connectivity index (χ1n) is 6.89. The molecule has 1 aliphatic heterocycles. The molecule has 20 heavy (non-hydrogen) atoms. The second kappa shape index (κ2) is 6.50. The van der Waals surface area contributed by atoms with Gasteiger partial charge in [0.15, 0.2) is 0 Å². The smallest absolute Gasteiger partial charge is 0.253 e. The molecule has 0 aromatic heterocycles. The van der Waals surface area contributed by atoms with E-state index in [0.29, 0.717) is 19.6 Å². The summed E-state index contributed by atoms with van der Waals surface area (Å²) in [5.74, 6) is -0.488. The zero-order valence-corrected chi connectivity index (χ0v) is 13.1. The third kappa shape index (κ3) is 5.06. The van der Waals surface area contributed by atoms with Crippen LogP contribution in [0.25, 0.3) is 0 Å². The molecule has 0 aliphatic carbocycles. The maximum absolute atomic E-state index is 11.4. The van der Waals surface area contributed by atoms with E-state index >= 15 is 0 Å². The zero-order valence-electron chi connectivity index (χ0n) is 13.1. The average Bonchev–Trinajstić information content (AvgIpc) is 2.66. The summed E-state index contributed by atoms with van der Waals surface area (Å²) in [4.78, 5) is 24.1. The van der Waals surface area contributed by atoms with Crippen LogP contribution in [0, 0.1) is 0 Å². The van der Waals surface area contributed by atoms with Gasteiger partial charge in [-0.05, 0) is 40.5 Å². The Labute approximate surface area is 120 Å². The van der Waals surface area contributed by atoms with Crippen molar-refractivity contribution in [3.8, 4) is 0 Å². The second-order valence-corrected chi connectivity index (χ2v) is 6.23. The van der Waals surface area contributed by atoms with Crippen molar-refractivity contribution in [3.05, 3.63) is 12.2 Å². The van der Waals surface area contributed by atoms with E-state index in [4.69, 9.17) is 9.47 Å². The zero-order chi connectivity index (χ0) is 15.4. The van der Waals surface area contributed by atoms with E-state index in [-0.39, 0.29) is 23.0 Å². The van der Waals surface area contributed by atoms with Crippen molar-refractivity contribution in [2.45, 2.75) is 51.7 Å². The van der Waals surface area contributed by atoms with Gasteiger partial charge in [-0.15, -0.1) is 0 Å². The fraction of sp³-hybridized carbons (Fsp3) is 0.733. The Kier molecular flexibility index (Phi) is 5.48. The average molecular weight is 283 g/mol. The first kappa shape index (κ1) is 16.9. The van der Waals surface area contributed by atoms with Gasteiger partial charge in [0.25, 0.3) is 11.8 Å². The molecule has 0 aromatic rings. The van der Waals surface area contributed by atoms with Crippen LogP contribution in [0.2, 0.25) is 0 Å². The molecule has 0 bridgehead atoms. The maximum Gasteiger partial charge on any atom is 0.253 e. The Balaban J connectivity index is 2.35. The van der Waals surface area contributed by atoms with Crippen molar-refractivity contribution in [1.29, 1.82) is 0 Å². The van der Waals surface area contributed by atoms with Crippen molar-refractivity contribution in [2.24, 2.45) is 0 Å². The molecule has 0 atom stereocenters. The number of amides is 2. The predicted molar refractivity (Wildman–Crippen MR) is 76.2 cm³/mol. The number of ether oxygens (including phenoxy) is 2. The normalized spacial score (nSPS) is 16.4. The van der Waals surface area contributed by atoms with Crippen molar-refractivity contribution < 1.29 is 19.1 Å². The first-order chi connectivity index (χ1) is 9.17. The van der Waals surface area contributed by atoms with E-state index in [1.54, 1.807) is 7.11 Å². The molecule has 0 aromatic carbocycles. The number of nitrogens with zero attached hydrogens (tertiary/aromatic N) is 1. The summed E-state index contributed by atoms with van der Waals surface area (Å²) in [6.07, 6.45) is 4.00. The van der Waals surface area contributed by atoms with Crippen LogP contribution in [-0.4, -0.2) is 48.2 Å². The molecule has 0 radical (unpaired) electrons. The Morgan fingerprint density at radius 3 is 2.05 bits per heavy atom. The highest BCUT2D eigenvalue weighted by Gasteiger charge is 2.27. The van der Waals surface area contributed by atoms with Gasteiger partial charge in [-0.3, -0.25) is 14.5 Å². The van der Waals surface area contributed by atoms with E-state index in [1.165, 1.54) is 17.1 Å². The van der Waals surface area contributed by atoms with Crippen LogP contribution in [0.4, 0.5) is 0 Å². The van der Waals surface area contributed by atoms with E-state index < -0.39 is 0 Å². The van der Waals surface area contributed by atoms with Gasteiger partial charge < -0.3 is 9.47 Å². The third-order valence-corrected chi connectivity index (χ3v) is 3.59. The van der Waals surface area contributed by atoms with Gasteiger partial charge in [0.1, 0.15) is 0 Å². The molecular formula is C15H25NO4. The number of carbonyl (C=O) groups excluding carboxylic acids is 2. The molecule has 2 amide bonds. The summed E-state index contributed by atoms with van der Waals surface area (Å²) in [5.41, 5.74) is -0.589. The number of rotatable bonds is 8. The number of imide groups is 1. The Bertz CT molecular complexity index is 381. The molecule has 5 nitrogen and oxygen atoms in total. The maximum atomic E-state index is 11.4. The third-order valence-electron chi connectivity index (χ3n) is 3.59. The molecule has 0 fully saturated rings. The van der Waals surface area contributed by atoms with E-state index in [0.717, 1.165) is 6.42 Å². The monoisotopic (exact) mass is 283 g/mol. The number of hydrogen-bond acceptors (Lipinski definition) is 4. The SMILES string of the molecule is COC(C)(C)CCOC(C)(C)CCN1C(=O)C=CC1=O. The Morgan fingerprint density at radius 1 is 1.00 bits per heavy atom. The molecule has 0 spiro atoms. The fourth-order valence-corrected chi connectivity index (χ4v) is 1.78. The molecule has 0 saturated heterocycles. The summed E-state index contributed by atoms with van der Waals surface area (Å²) in [6.45, 7) is 8.91. The molecular weight excluding hydrogens is 258 g/mol. The predicted octanol–water partition coefficient (Wildman–Crippen LogP) is 1.91. The molecule has 0 N–H and O–H groups in total. The molecule has 1 rings (SSSR count). The Hall–Kier alpha value is -1.20. The van der Waals surface area contributed by atoms with Gasteiger partial charge >= 0.3 is 0 Å². The molecule has 1 heterocycles. The summed E-state index contributed by atoms with van der Waals surface area (Å²) in [7, 11) is 1.68. The van der Waals surface area contributed by atoms with E-state index in [2.05, 4.69) is 0 Å². The van der Waals surface area contributed by atoms with Crippen LogP contribution in [0.5, 0.6) is 0 Å². The standard InChI is InChI=1S/C15H25NO4/c1-14(2,19-5)9-11-20-15(3,4)8-10-16-12(17)6-7-13(16)18/h6-7H,8-11H2,1-5H3. The minimum absolute atomic E-state index is 0.207. The largest absolute Gasteiger partial charge is 0.379 e. The minimum Gasteiger partial charge on any atom is -0.379 e. The van der Waals surface area contributed by atoms with Crippen LogP contribution < -0.4 is 0 Å². The summed E-state index contributed by atoms with van der Waals surface area (Å²) >= 11 is 0. The van der Waals surface area contributed by atoms with Gasteiger partial charge in [0.05, 0.1) is 17.8 Å². The lowest BCUT2D eigenvalue weighted by molar-refractivity contribution is -0.137. The van der Waals surface area contributed by atoms with Gasteiger partial charge in [-0.1, -0.05) is 0 Å². The van der Waals surface area contributed by atoms with Gasteiger partial charge in [-0.2, -0.15) is 0 Å². The van der Waals surface area contributed by atoms with Crippen LogP contribution in [0.3, 0.4) is 0 Å². The van der Waals surface area contributed by atoms with Crippen molar-refractivity contribution in [3.63, 3.8) is 0 Å². The van der Waals surface area contributed by atoms with Crippen molar-refractivity contribution >= 4 is 11.8 Å². The lowest BCUT2D eigenvalue weighted by Gasteiger charge is -2.30. The number of hydrogen-bond donors (Lipinski definition) is 0. The fourth-order valence-electron chi connectivity index (χ4n) is 1.78. The van der Waals surface area contributed by atoms with Crippen molar-refractivity contribution in [2.75, 3.05) is 20.3 Å². The number of carbonyl (C=O) groups is 2. The van der Waals surface area contributed by atoms with Crippen LogP contribution in [0.15, 0.2) is 12.2 Å². The Morgan fingerprint density at radius 2 is 1.55 bits per heavy atom. The summed E-state index contributed by atoms with van der Waals surface area (Å²) < 4.78 is 11.2. The summed E-state index contributed by atoms with van der Waals surface area (Å²) in [5, 5.41) is 0. The lowest BCUT2D eigenvalue weighted by Crippen LogP contribution is -2.37. The van der Waals surface area contributed by atoms with Crippen LogP contribution in [0.1, 0.15) is 40.5 Å². The van der Waals surface area contributed by atoms with Gasteiger partial charge in [-0.25, -0.2) is 0 Å². The molecule has 114 valence electrons. The van der Waals surface area contributed by atoms with Gasteiger partial charge in [0.2, 0.25) is 0 Å². The molecule has 5 heteroatoms. The quantitative estimate of drug-likeness (QED) is 0.639. The molecule has 0 saturated carbocycles. The lowest BCUT2D eigenvalue weighted by atomic mass is 10.0. The van der Waals surface area contributed by atoms with E-state index in [1.807, 2.05) is 27.7 Å². The number of methoxy groups -OCH3 is 1.